The van der Waals surface area contributed by atoms with Crippen molar-refractivity contribution in [1.82, 2.24) is 29.9 Å². The molecule has 1 saturated heterocycles. The molecule has 2 aromatic heterocycles. The van der Waals surface area contributed by atoms with Crippen molar-refractivity contribution in [3.05, 3.63) is 54.4 Å². The molecule has 5 rings (SSSR count). The summed E-state index contributed by atoms with van der Waals surface area (Å²) in [5.41, 5.74) is 3.87. The number of imidazole rings is 1. The molecule has 28 heavy (non-hydrogen) atoms. The van der Waals surface area contributed by atoms with Crippen molar-refractivity contribution < 1.29 is 4.79 Å². The quantitative estimate of drug-likeness (QED) is 0.595. The summed E-state index contributed by atoms with van der Waals surface area (Å²) < 4.78 is 1.81. The Morgan fingerprint density at radius 1 is 1.11 bits per heavy atom. The lowest BCUT2D eigenvalue weighted by Gasteiger charge is -2.32. The fraction of sp³-hybridized carbons (Fsp3) is 0.333. The van der Waals surface area contributed by atoms with E-state index in [1.165, 1.54) is 0 Å². The minimum absolute atomic E-state index is 0.167. The van der Waals surface area contributed by atoms with Gasteiger partial charge in [0, 0.05) is 25.4 Å². The zero-order valence-electron chi connectivity index (χ0n) is 15.6. The van der Waals surface area contributed by atoms with Gasteiger partial charge in [-0.2, -0.15) is 0 Å². The molecule has 1 N–H and O–H groups in total. The highest BCUT2D eigenvalue weighted by atomic mass is 16.2. The molecule has 7 heteroatoms. The van der Waals surface area contributed by atoms with Crippen molar-refractivity contribution in [3.8, 4) is 0 Å². The number of fused-ring (bicyclic) bond motifs is 2. The molecule has 7 nitrogen and oxygen atoms in total. The number of amides is 1. The summed E-state index contributed by atoms with van der Waals surface area (Å²) in [6, 6.07) is 15.9. The summed E-state index contributed by atoms with van der Waals surface area (Å²) in [7, 11) is 0. The van der Waals surface area contributed by atoms with E-state index < -0.39 is 0 Å². The van der Waals surface area contributed by atoms with E-state index in [0.29, 0.717) is 13.0 Å². The van der Waals surface area contributed by atoms with Crippen LogP contribution in [0.15, 0.2) is 48.5 Å². The molecule has 1 amide bonds. The second-order valence-electron chi connectivity index (χ2n) is 7.37. The summed E-state index contributed by atoms with van der Waals surface area (Å²) >= 11 is 0. The molecule has 1 fully saturated rings. The molecule has 142 valence electrons. The van der Waals surface area contributed by atoms with Gasteiger partial charge in [-0.15, -0.1) is 5.10 Å². The van der Waals surface area contributed by atoms with Crippen molar-refractivity contribution in [3.63, 3.8) is 0 Å². The van der Waals surface area contributed by atoms with E-state index in [1.54, 1.807) is 0 Å². The molecule has 0 unspecified atom stereocenters. The molecule has 0 radical (unpaired) electrons. The number of likely N-dealkylation sites (tertiary alicyclic amines) is 1. The number of rotatable bonds is 4. The van der Waals surface area contributed by atoms with Gasteiger partial charge in [-0.25, -0.2) is 9.67 Å². The lowest BCUT2D eigenvalue weighted by molar-refractivity contribution is -0.132. The highest BCUT2D eigenvalue weighted by molar-refractivity contribution is 5.78. The summed E-state index contributed by atoms with van der Waals surface area (Å²) in [4.78, 5) is 22.9. The van der Waals surface area contributed by atoms with E-state index in [0.717, 1.165) is 53.8 Å². The van der Waals surface area contributed by atoms with Crippen LogP contribution in [0.5, 0.6) is 0 Å². The van der Waals surface area contributed by atoms with Gasteiger partial charge in [0.2, 0.25) is 5.91 Å². The second kappa shape index (κ2) is 7.07. The molecule has 2 aromatic carbocycles. The predicted octanol–water partition coefficient (Wildman–Crippen LogP) is 3.10. The normalized spacial score (nSPS) is 17.4. The Morgan fingerprint density at radius 3 is 2.82 bits per heavy atom. The van der Waals surface area contributed by atoms with Crippen molar-refractivity contribution in [2.75, 3.05) is 13.1 Å². The number of hydrogen-bond acceptors (Lipinski definition) is 4. The molecular weight excluding hydrogens is 352 g/mol. The van der Waals surface area contributed by atoms with Crippen LogP contribution in [0.3, 0.4) is 0 Å². The number of carbonyl (C=O) groups is 1. The topological polar surface area (TPSA) is 79.7 Å². The predicted molar refractivity (Wildman–Crippen MR) is 107 cm³/mol. The van der Waals surface area contributed by atoms with Gasteiger partial charge in [0.1, 0.15) is 11.3 Å². The largest absolute Gasteiger partial charge is 0.342 e. The molecule has 0 spiro atoms. The molecule has 0 bridgehead atoms. The maximum absolute atomic E-state index is 12.8. The third kappa shape index (κ3) is 3.13. The number of nitrogens with zero attached hydrogens (tertiary/aromatic N) is 5. The van der Waals surface area contributed by atoms with Gasteiger partial charge in [-0.3, -0.25) is 4.79 Å². The third-order valence-electron chi connectivity index (χ3n) is 5.53. The molecule has 1 atom stereocenters. The van der Waals surface area contributed by atoms with Crippen LogP contribution >= 0.6 is 0 Å². The SMILES string of the molecule is O=C(CCn1nnc2ccccc21)N1CCC[C@H](c2nc3ccccc3[nH]2)C1. The second-order valence-corrected chi connectivity index (χ2v) is 7.37. The van der Waals surface area contributed by atoms with E-state index in [4.69, 9.17) is 4.98 Å². The van der Waals surface area contributed by atoms with E-state index in [2.05, 4.69) is 15.3 Å². The van der Waals surface area contributed by atoms with Gasteiger partial charge in [-0.05, 0) is 37.1 Å². The average molecular weight is 374 g/mol. The summed E-state index contributed by atoms with van der Waals surface area (Å²) in [6.45, 7) is 2.08. The number of benzene rings is 2. The molecule has 4 aromatic rings. The fourth-order valence-electron chi connectivity index (χ4n) is 4.03. The lowest BCUT2D eigenvalue weighted by Crippen LogP contribution is -2.39. The zero-order chi connectivity index (χ0) is 18.9. The van der Waals surface area contributed by atoms with Crippen LogP contribution in [0.1, 0.15) is 31.0 Å². The molecule has 0 aliphatic carbocycles. The minimum atomic E-state index is 0.167. The smallest absolute Gasteiger partial charge is 0.224 e. The first kappa shape index (κ1) is 16.9. The standard InChI is InChI=1S/C21H22N6O/c28-20(11-13-27-19-10-4-3-9-18(19)24-25-27)26-12-5-6-15(14-26)21-22-16-7-1-2-8-17(16)23-21/h1-4,7-10,15H,5-6,11-14H2,(H,22,23)/t15-/m0/s1. The van der Waals surface area contributed by atoms with Crippen molar-refractivity contribution >= 4 is 28.0 Å². The Labute approximate surface area is 162 Å². The fourth-order valence-corrected chi connectivity index (χ4v) is 4.03. The summed E-state index contributed by atoms with van der Waals surface area (Å²) in [6.07, 6.45) is 2.48. The van der Waals surface area contributed by atoms with Crippen LogP contribution in [-0.2, 0) is 11.3 Å². The first-order valence-electron chi connectivity index (χ1n) is 9.78. The Morgan fingerprint density at radius 2 is 1.93 bits per heavy atom. The Kier molecular flexibility index (Phi) is 4.27. The first-order chi connectivity index (χ1) is 13.8. The Bertz CT molecular complexity index is 1100. The van der Waals surface area contributed by atoms with Crippen LogP contribution in [-0.4, -0.2) is 48.9 Å². The molecule has 0 saturated carbocycles. The van der Waals surface area contributed by atoms with Gasteiger partial charge < -0.3 is 9.88 Å². The average Bonchev–Trinajstić information content (AvgIpc) is 3.36. The first-order valence-corrected chi connectivity index (χ1v) is 9.78. The number of aromatic nitrogens is 5. The van der Waals surface area contributed by atoms with E-state index in [9.17, 15) is 4.79 Å². The highest BCUT2D eigenvalue weighted by Crippen LogP contribution is 2.27. The van der Waals surface area contributed by atoms with Crippen LogP contribution < -0.4 is 0 Å². The van der Waals surface area contributed by atoms with E-state index in [1.807, 2.05) is 58.1 Å². The number of carbonyl (C=O) groups excluding carboxylic acids is 1. The molecule has 1 aliphatic rings. The van der Waals surface area contributed by atoms with Gasteiger partial charge in [0.15, 0.2) is 0 Å². The third-order valence-corrected chi connectivity index (χ3v) is 5.53. The van der Waals surface area contributed by atoms with E-state index in [-0.39, 0.29) is 11.8 Å². The number of para-hydroxylation sites is 3. The van der Waals surface area contributed by atoms with Crippen LogP contribution in [0.25, 0.3) is 22.1 Å². The number of H-pyrrole nitrogens is 1. The van der Waals surface area contributed by atoms with Gasteiger partial charge >= 0.3 is 0 Å². The number of piperidine rings is 1. The van der Waals surface area contributed by atoms with Crippen LogP contribution in [0.4, 0.5) is 0 Å². The number of aromatic amines is 1. The molecule has 1 aliphatic heterocycles. The lowest BCUT2D eigenvalue weighted by atomic mass is 9.97. The summed E-state index contributed by atoms with van der Waals surface area (Å²) in [5, 5.41) is 8.34. The Balaban J connectivity index is 1.26. The van der Waals surface area contributed by atoms with Gasteiger partial charge in [-0.1, -0.05) is 29.5 Å². The van der Waals surface area contributed by atoms with Crippen molar-refractivity contribution in [2.24, 2.45) is 0 Å². The summed E-state index contributed by atoms with van der Waals surface area (Å²) in [5.74, 6) is 1.42. The monoisotopic (exact) mass is 374 g/mol. The maximum atomic E-state index is 12.8. The molecular formula is C21H22N6O. The van der Waals surface area contributed by atoms with E-state index >= 15 is 0 Å². The highest BCUT2D eigenvalue weighted by Gasteiger charge is 2.26. The van der Waals surface area contributed by atoms with Gasteiger partial charge in [0.05, 0.1) is 23.1 Å². The minimum Gasteiger partial charge on any atom is -0.342 e. The number of nitrogens with one attached hydrogen (secondary N) is 1. The van der Waals surface area contributed by atoms with Gasteiger partial charge in [0.25, 0.3) is 0 Å². The van der Waals surface area contributed by atoms with Crippen molar-refractivity contribution in [1.29, 1.82) is 0 Å². The molecule has 3 heterocycles. The number of aryl methyl sites for hydroxylation is 1. The van der Waals surface area contributed by atoms with Crippen LogP contribution in [0, 0.1) is 0 Å². The zero-order valence-corrected chi connectivity index (χ0v) is 15.6. The maximum Gasteiger partial charge on any atom is 0.224 e. The Hall–Kier alpha value is -3.22. The number of hydrogen-bond donors (Lipinski definition) is 1. The van der Waals surface area contributed by atoms with Crippen molar-refractivity contribution in [2.45, 2.75) is 31.7 Å². The van der Waals surface area contributed by atoms with Crippen LogP contribution in [0.2, 0.25) is 0 Å².